The molecule has 2 N–H and O–H groups in total. The van der Waals surface area contributed by atoms with Crippen molar-refractivity contribution in [2.24, 2.45) is 7.05 Å². The molecule has 6 nitrogen and oxygen atoms in total. The molecule has 0 fully saturated rings. The summed E-state index contributed by atoms with van der Waals surface area (Å²) < 4.78 is 6.47. The van der Waals surface area contributed by atoms with Gasteiger partial charge in [-0.3, -0.25) is 4.57 Å². The lowest BCUT2D eigenvalue weighted by Crippen LogP contribution is -2.19. The number of rotatable bonds is 2. The van der Waals surface area contributed by atoms with Gasteiger partial charge in [0.25, 0.3) is 0 Å². The molecule has 1 aromatic heterocycles. The number of nitrogens with one attached hydrogen (secondary N) is 2. The Morgan fingerprint density at radius 1 is 1.14 bits per heavy atom. The number of carbonyl (C=O) groups excluding carboxylic acids is 1. The summed E-state index contributed by atoms with van der Waals surface area (Å²) in [5.74, 6) is -0.449. The van der Waals surface area contributed by atoms with E-state index in [0.29, 0.717) is 27.5 Å². The Kier molecular flexibility index (Phi) is 3.60. The molecule has 0 saturated carbocycles. The third-order valence-corrected chi connectivity index (χ3v) is 3.37. The molecule has 2 amide bonds. The van der Waals surface area contributed by atoms with Gasteiger partial charge < -0.3 is 15.1 Å². The van der Waals surface area contributed by atoms with Crippen molar-refractivity contribution in [2.45, 2.75) is 0 Å². The maximum Gasteiger partial charge on any atom is 0.419 e. The number of hydrogen-bond donors (Lipinski definition) is 2. The van der Waals surface area contributed by atoms with E-state index in [2.05, 4.69) is 10.6 Å². The van der Waals surface area contributed by atoms with E-state index < -0.39 is 11.8 Å². The highest BCUT2D eigenvalue weighted by molar-refractivity contribution is 6.30. The fourth-order valence-electron chi connectivity index (χ4n) is 2.07. The molecule has 112 valence electrons. The maximum atomic E-state index is 11.9. The normalized spacial score (nSPS) is 10.6. The van der Waals surface area contributed by atoms with Crippen molar-refractivity contribution in [3.05, 3.63) is 58.0 Å². The van der Waals surface area contributed by atoms with Gasteiger partial charge in [-0.2, -0.15) is 0 Å². The number of anilines is 2. The molecule has 22 heavy (non-hydrogen) atoms. The van der Waals surface area contributed by atoms with Gasteiger partial charge in [0, 0.05) is 29.5 Å². The van der Waals surface area contributed by atoms with Gasteiger partial charge in [-0.05, 0) is 30.3 Å². The highest BCUT2D eigenvalue weighted by atomic mass is 35.5. The van der Waals surface area contributed by atoms with E-state index in [1.165, 1.54) is 4.57 Å². The van der Waals surface area contributed by atoms with Crippen molar-refractivity contribution < 1.29 is 9.21 Å². The zero-order valence-corrected chi connectivity index (χ0v) is 12.3. The van der Waals surface area contributed by atoms with E-state index >= 15 is 0 Å². The quantitative estimate of drug-likeness (QED) is 0.760. The first-order chi connectivity index (χ1) is 10.5. The van der Waals surface area contributed by atoms with Gasteiger partial charge in [-0.25, -0.2) is 9.59 Å². The van der Waals surface area contributed by atoms with Gasteiger partial charge in [0.15, 0.2) is 5.58 Å². The molecule has 2 aromatic carbocycles. The third-order valence-electron chi connectivity index (χ3n) is 3.13. The summed E-state index contributed by atoms with van der Waals surface area (Å²) >= 11 is 5.85. The molecule has 0 unspecified atom stereocenters. The number of fused-ring (bicyclic) bond motifs is 1. The Balaban J connectivity index is 1.78. The molecular formula is C15H12ClN3O3. The van der Waals surface area contributed by atoms with Gasteiger partial charge in [0.05, 0.1) is 5.52 Å². The van der Waals surface area contributed by atoms with Gasteiger partial charge in [0.2, 0.25) is 0 Å². The summed E-state index contributed by atoms with van der Waals surface area (Å²) in [6.45, 7) is 0. The number of carbonyl (C=O) groups is 1. The number of urea groups is 1. The van der Waals surface area contributed by atoms with Crippen LogP contribution in [0.2, 0.25) is 5.02 Å². The Bertz CT molecular complexity index is 914. The minimum atomic E-state index is -0.449. The van der Waals surface area contributed by atoms with E-state index in [9.17, 15) is 9.59 Å². The lowest BCUT2D eigenvalue weighted by molar-refractivity contribution is 0.262. The van der Waals surface area contributed by atoms with Crippen LogP contribution in [0.4, 0.5) is 16.2 Å². The lowest BCUT2D eigenvalue weighted by atomic mass is 10.3. The summed E-state index contributed by atoms with van der Waals surface area (Å²) in [5.41, 5.74) is 2.16. The first-order valence-corrected chi connectivity index (χ1v) is 6.84. The summed E-state index contributed by atoms with van der Waals surface area (Å²) in [6.07, 6.45) is 0. The Morgan fingerprint density at radius 3 is 2.59 bits per heavy atom. The molecule has 0 spiro atoms. The zero-order chi connectivity index (χ0) is 15.7. The molecule has 0 saturated heterocycles. The summed E-state index contributed by atoms with van der Waals surface area (Å²) in [7, 11) is 1.62. The maximum absolute atomic E-state index is 11.9. The van der Waals surface area contributed by atoms with Crippen LogP contribution in [0.5, 0.6) is 0 Å². The van der Waals surface area contributed by atoms with Gasteiger partial charge >= 0.3 is 11.8 Å². The number of benzene rings is 2. The average molecular weight is 318 g/mol. The first-order valence-electron chi connectivity index (χ1n) is 6.46. The number of aryl methyl sites for hydroxylation is 1. The van der Waals surface area contributed by atoms with Crippen LogP contribution in [0.25, 0.3) is 11.1 Å². The van der Waals surface area contributed by atoms with Gasteiger partial charge in [-0.1, -0.05) is 17.7 Å². The van der Waals surface area contributed by atoms with Crippen LogP contribution in [-0.4, -0.2) is 10.6 Å². The van der Waals surface area contributed by atoms with Crippen molar-refractivity contribution in [3.63, 3.8) is 0 Å². The molecule has 0 aliphatic heterocycles. The van der Waals surface area contributed by atoms with E-state index in [1.807, 2.05) is 0 Å². The Hall–Kier alpha value is -2.73. The minimum Gasteiger partial charge on any atom is -0.408 e. The molecule has 3 aromatic rings. The van der Waals surface area contributed by atoms with E-state index in [4.69, 9.17) is 16.0 Å². The predicted molar refractivity (Wildman–Crippen MR) is 85.5 cm³/mol. The molecule has 0 radical (unpaired) electrons. The van der Waals surface area contributed by atoms with Crippen LogP contribution in [0, 0.1) is 0 Å². The second kappa shape index (κ2) is 5.57. The molecule has 0 aliphatic rings. The molecule has 0 bridgehead atoms. The van der Waals surface area contributed by atoms with Crippen molar-refractivity contribution >= 4 is 40.1 Å². The Morgan fingerprint density at radius 2 is 1.86 bits per heavy atom. The summed E-state index contributed by atoms with van der Waals surface area (Å²) in [6, 6.07) is 11.4. The summed E-state index contributed by atoms with van der Waals surface area (Å²) in [4.78, 5) is 23.4. The second-order valence-corrected chi connectivity index (χ2v) is 5.14. The van der Waals surface area contributed by atoms with Crippen LogP contribution in [-0.2, 0) is 7.05 Å². The first kappa shape index (κ1) is 14.2. The number of halogens is 1. The SMILES string of the molecule is Cn1c(=O)oc2cc(NC(=O)Nc3cccc(Cl)c3)ccc21. The minimum absolute atomic E-state index is 0.410. The van der Waals surface area contributed by atoms with Gasteiger partial charge in [0.1, 0.15) is 0 Å². The van der Waals surface area contributed by atoms with Crippen molar-refractivity contribution in [2.75, 3.05) is 10.6 Å². The predicted octanol–water partition coefficient (Wildman–Crippen LogP) is 3.43. The van der Waals surface area contributed by atoms with Crippen LogP contribution in [0.1, 0.15) is 0 Å². The van der Waals surface area contributed by atoms with Crippen molar-refractivity contribution in [1.29, 1.82) is 0 Å². The van der Waals surface area contributed by atoms with Crippen molar-refractivity contribution in [3.8, 4) is 0 Å². The van der Waals surface area contributed by atoms with Crippen LogP contribution in [0.3, 0.4) is 0 Å². The monoisotopic (exact) mass is 317 g/mol. The third kappa shape index (κ3) is 2.82. The molecular weight excluding hydrogens is 306 g/mol. The highest BCUT2D eigenvalue weighted by Crippen LogP contribution is 2.19. The topological polar surface area (TPSA) is 76.3 Å². The summed E-state index contributed by atoms with van der Waals surface area (Å²) in [5, 5.41) is 5.86. The Labute approximate surface area is 130 Å². The largest absolute Gasteiger partial charge is 0.419 e. The molecule has 1 heterocycles. The molecule has 0 atom stereocenters. The van der Waals surface area contributed by atoms with Gasteiger partial charge in [-0.15, -0.1) is 0 Å². The van der Waals surface area contributed by atoms with E-state index in [1.54, 1.807) is 49.5 Å². The van der Waals surface area contributed by atoms with Crippen LogP contribution < -0.4 is 16.4 Å². The number of nitrogens with zero attached hydrogens (tertiary/aromatic N) is 1. The highest BCUT2D eigenvalue weighted by Gasteiger charge is 2.08. The van der Waals surface area contributed by atoms with E-state index in [0.717, 1.165) is 0 Å². The molecule has 0 aliphatic carbocycles. The second-order valence-electron chi connectivity index (χ2n) is 4.70. The number of aromatic nitrogens is 1. The fraction of sp³-hybridized carbons (Fsp3) is 0.0667. The zero-order valence-electron chi connectivity index (χ0n) is 11.6. The van der Waals surface area contributed by atoms with Crippen LogP contribution in [0.15, 0.2) is 51.7 Å². The molecule has 3 rings (SSSR count). The lowest BCUT2D eigenvalue weighted by Gasteiger charge is -2.07. The molecule has 7 heteroatoms. The average Bonchev–Trinajstić information content (AvgIpc) is 2.73. The smallest absolute Gasteiger partial charge is 0.408 e. The standard InChI is InChI=1S/C15H12ClN3O3/c1-19-12-6-5-11(8-13(12)22-15(19)21)18-14(20)17-10-4-2-3-9(16)7-10/h2-8H,1H3,(H2,17,18,20). The van der Waals surface area contributed by atoms with E-state index in [-0.39, 0.29) is 0 Å². The fourth-order valence-corrected chi connectivity index (χ4v) is 2.26. The van der Waals surface area contributed by atoms with Crippen LogP contribution >= 0.6 is 11.6 Å². The van der Waals surface area contributed by atoms with Crippen molar-refractivity contribution in [1.82, 2.24) is 4.57 Å². The number of oxazole rings is 1. The number of amides is 2. The number of hydrogen-bond acceptors (Lipinski definition) is 3.